The van der Waals surface area contributed by atoms with E-state index in [2.05, 4.69) is 5.32 Å². The summed E-state index contributed by atoms with van der Waals surface area (Å²) in [5, 5.41) is 13.9. The fraction of sp³-hybridized carbons (Fsp3) is 0.400. The molecule has 0 radical (unpaired) electrons. The van der Waals surface area contributed by atoms with Gasteiger partial charge in [-0.3, -0.25) is 10.1 Å². The van der Waals surface area contributed by atoms with Gasteiger partial charge in [-0.25, -0.2) is 4.39 Å². The van der Waals surface area contributed by atoms with Gasteiger partial charge >= 0.3 is 0 Å². The number of hydrogen-bond acceptors (Lipinski definition) is 4. The standard InChI is InChI=1S/C10H11ClFN3O2/c11-7-5-9(14-3-1-13-2-4-14)10(15(16)17)6-8(7)12/h5-6,13H,1-4H2. The zero-order chi connectivity index (χ0) is 12.4. The van der Waals surface area contributed by atoms with E-state index in [1.807, 2.05) is 4.90 Å². The van der Waals surface area contributed by atoms with E-state index >= 15 is 0 Å². The number of anilines is 1. The molecule has 0 spiro atoms. The predicted molar refractivity (Wildman–Crippen MR) is 63.1 cm³/mol. The summed E-state index contributed by atoms with van der Waals surface area (Å²) in [7, 11) is 0. The molecular formula is C10H11ClFN3O2. The highest BCUT2D eigenvalue weighted by molar-refractivity contribution is 6.31. The number of halogens is 2. The predicted octanol–water partition coefficient (Wildman–Crippen LogP) is 1.80. The third-order valence-electron chi connectivity index (χ3n) is 2.67. The normalized spacial score (nSPS) is 16.0. The van der Waals surface area contributed by atoms with Gasteiger partial charge in [0.2, 0.25) is 0 Å². The van der Waals surface area contributed by atoms with Gasteiger partial charge in [0.15, 0.2) is 0 Å². The Labute approximate surface area is 102 Å². The highest BCUT2D eigenvalue weighted by Gasteiger charge is 2.23. The zero-order valence-corrected chi connectivity index (χ0v) is 9.71. The number of nitrogens with one attached hydrogen (secondary N) is 1. The fourth-order valence-electron chi connectivity index (χ4n) is 1.83. The molecule has 92 valence electrons. The molecule has 0 aliphatic carbocycles. The minimum atomic E-state index is -0.766. The lowest BCUT2D eigenvalue weighted by Crippen LogP contribution is -2.43. The van der Waals surface area contributed by atoms with Crippen molar-refractivity contribution in [3.05, 3.63) is 33.1 Å². The van der Waals surface area contributed by atoms with Gasteiger partial charge in [0.25, 0.3) is 5.69 Å². The van der Waals surface area contributed by atoms with E-state index in [0.29, 0.717) is 18.8 Å². The van der Waals surface area contributed by atoms with E-state index in [1.165, 1.54) is 6.07 Å². The van der Waals surface area contributed by atoms with E-state index in [4.69, 9.17) is 11.6 Å². The van der Waals surface area contributed by atoms with Crippen LogP contribution in [0.3, 0.4) is 0 Å². The number of nitro benzene ring substituents is 1. The minimum Gasteiger partial charge on any atom is -0.363 e. The molecule has 1 N–H and O–H groups in total. The monoisotopic (exact) mass is 259 g/mol. The van der Waals surface area contributed by atoms with Crippen LogP contribution in [-0.2, 0) is 0 Å². The van der Waals surface area contributed by atoms with Gasteiger partial charge in [0.1, 0.15) is 11.5 Å². The van der Waals surface area contributed by atoms with Gasteiger partial charge in [-0.05, 0) is 6.07 Å². The molecule has 5 nitrogen and oxygen atoms in total. The maximum absolute atomic E-state index is 13.2. The second-order valence-corrected chi connectivity index (χ2v) is 4.16. The van der Waals surface area contributed by atoms with Crippen LogP contribution in [0.2, 0.25) is 5.02 Å². The second-order valence-electron chi connectivity index (χ2n) is 3.75. The van der Waals surface area contributed by atoms with Crippen molar-refractivity contribution in [1.82, 2.24) is 5.32 Å². The highest BCUT2D eigenvalue weighted by Crippen LogP contribution is 2.33. The average Bonchev–Trinajstić information content (AvgIpc) is 2.33. The van der Waals surface area contributed by atoms with Crippen molar-refractivity contribution in [1.29, 1.82) is 0 Å². The van der Waals surface area contributed by atoms with Gasteiger partial charge in [-0.2, -0.15) is 0 Å². The summed E-state index contributed by atoms with van der Waals surface area (Å²) in [6.45, 7) is 2.77. The van der Waals surface area contributed by atoms with Crippen LogP contribution in [0.25, 0.3) is 0 Å². The van der Waals surface area contributed by atoms with Crippen molar-refractivity contribution in [3.8, 4) is 0 Å². The number of nitro groups is 1. The molecule has 1 heterocycles. The fourth-order valence-corrected chi connectivity index (χ4v) is 1.99. The number of hydrogen-bond donors (Lipinski definition) is 1. The molecule has 1 saturated heterocycles. The number of piperazine rings is 1. The number of rotatable bonds is 2. The van der Waals surface area contributed by atoms with Crippen LogP contribution < -0.4 is 10.2 Å². The van der Waals surface area contributed by atoms with E-state index in [-0.39, 0.29) is 10.7 Å². The molecule has 1 aromatic carbocycles. The summed E-state index contributed by atoms with van der Waals surface area (Å²) in [4.78, 5) is 12.1. The highest BCUT2D eigenvalue weighted by atomic mass is 35.5. The molecule has 17 heavy (non-hydrogen) atoms. The van der Waals surface area contributed by atoms with Crippen LogP contribution in [-0.4, -0.2) is 31.1 Å². The van der Waals surface area contributed by atoms with Gasteiger partial charge in [-0.15, -0.1) is 0 Å². The summed E-state index contributed by atoms with van der Waals surface area (Å²) in [5.41, 5.74) is 0.136. The first-order valence-electron chi connectivity index (χ1n) is 5.18. The topological polar surface area (TPSA) is 58.4 Å². The van der Waals surface area contributed by atoms with Crippen molar-refractivity contribution >= 4 is 23.0 Å². The van der Waals surface area contributed by atoms with E-state index in [1.54, 1.807) is 0 Å². The van der Waals surface area contributed by atoms with Crippen LogP contribution >= 0.6 is 11.6 Å². The third-order valence-corrected chi connectivity index (χ3v) is 2.96. The van der Waals surface area contributed by atoms with E-state index in [9.17, 15) is 14.5 Å². The van der Waals surface area contributed by atoms with Gasteiger partial charge in [-0.1, -0.05) is 11.6 Å². The lowest BCUT2D eigenvalue weighted by Gasteiger charge is -2.29. The molecule has 1 aliphatic rings. The van der Waals surface area contributed by atoms with Crippen LogP contribution in [0.15, 0.2) is 12.1 Å². The summed E-state index contributed by atoms with van der Waals surface area (Å²) < 4.78 is 13.2. The molecule has 0 saturated carbocycles. The molecular weight excluding hydrogens is 249 g/mol. The Morgan fingerprint density at radius 1 is 1.41 bits per heavy atom. The van der Waals surface area contributed by atoms with E-state index in [0.717, 1.165) is 19.2 Å². The van der Waals surface area contributed by atoms with Gasteiger partial charge in [0.05, 0.1) is 16.0 Å². The summed E-state index contributed by atoms with van der Waals surface area (Å²) >= 11 is 5.67. The van der Waals surface area contributed by atoms with Crippen molar-refractivity contribution < 1.29 is 9.31 Å². The van der Waals surface area contributed by atoms with Gasteiger partial charge in [0, 0.05) is 26.2 Å². The molecule has 1 aromatic rings. The molecule has 0 amide bonds. The zero-order valence-electron chi connectivity index (χ0n) is 8.95. The van der Waals surface area contributed by atoms with Crippen LogP contribution in [0, 0.1) is 15.9 Å². The smallest absolute Gasteiger partial charge is 0.295 e. The summed E-state index contributed by atoms with van der Waals surface area (Å²) in [6.07, 6.45) is 0. The minimum absolute atomic E-state index is 0.0934. The van der Waals surface area contributed by atoms with Crippen molar-refractivity contribution in [2.45, 2.75) is 0 Å². The molecule has 0 aromatic heterocycles. The number of benzene rings is 1. The molecule has 1 aliphatic heterocycles. The lowest BCUT2D eigenvalue weighted by atomic mass is 10.2. The van der Waals surface area contributed by atoms with E-state index < -0.39 is 10.7 Å². The Balaban J connectivity index is 2.42. The second kappa shape index (κ2) is 4.85. The molecule has 2 rings (SSSR count). The Morgan fingerprint density at radius 2 is 2.06 bits per heavy atom. The maximum Gasteiger partial charge on any atom is 0.295 e. The Hall–Kier alpha value is -1.40. The number of nitrogens with zero attached hydrogens (tertiary/aromatic N) is 2. The van der Waals surface area contributed by atoms with Gasteiger partial charge < -0.3 is 10.2 Å². The Kier molecular flexibility index (Phi) is 3.44. The van der Waals surface area contributed by atoms with Crippen LogP contribution in [0.1, 0.15) is 0 Å². The molecule has 7 heteroatoms. The first-order chi connectivity index (χ1) is 8.09. The van der Waals surface area contributed by atoms with Crippen molar-refractivity contribution in [2.75, 3.05) is 31.1 Å². The van der Waals surface area contributed by atoms with Crippen LogP contribution in [0.4, 0.5) is 15.8 Å². The summed E-state index contributed by atoms with van der Waals surface area (Å²) in [5.74, 6) is -0.766. The van der Waals surface area contributed by atoms with Crippen molar-refractivity contribution in [2.24, 2.45) is 0 Å². The average molecular weight is 260 g/mol. The lowest BCUT2D eigenvalue weighted by molar-refractivity contribution is -0.384. The maximum atomic E-state index is 13.2. The third kappa shape index (κ3) is 2.48. The summed E-state index contributed by atoms with van der Waals surface area (Å²) in [6, 6.07) is 2.19. The SMILES string of the molecule is O=[N+]([O-])c1cc(F)c(Cl)cc1N1CCNCC1. The molecule has 0 bridgehead atoms. The first kappa shape index (κ1) is 12.1. The Bertz CT molecular complexity index is 449. The molecule has 1 fully saturated rings. The largest absolute Gasteiger partial charge is 0.363 e. The molecule has 0 atom stereocenters. The van der Waals surface area contributed by atoms with Crippen molar-refractivity contribution in [3.63, 3.8) is 0 Å². The Morgan fingerprint density at radius 3 is 2.65 bits per heavy atom. The first-order valence-corrected chi connectivity index (χ1v) is 5.56. The van der Waals surface area contributed by atoms with Crippen LogP contribution in [0.5, 0.6) is 0 Å². The molecule has 0 unspecified atom stereocenters. The quantitative estimate of drug-likeness (QED) is 0.650.